The van der Waals surface area contributed by atoms with Gasteiger partial charge >= 0.3 is 0 Å². The molecular weight excluding hydrogens is 262 g/mol. The van der Waals surface area contributed by atoms with E-state index in [2.05, 4.69) is 57.9 Å². The number of fused-ring (bicyclic) bond motifs is 1. The number of anilines is 1. The first-order valence-electron chi connectivity index (χ1n) is 7.89. The molecule has 3 rings (SSSR count). The molecule has 0 unspecified atom stereocenters. The number of rotatable bonds is 5. The minimum atomic E-state index is 0.876. The summed E-state index contributed by atoms with van der Waals surface area (Å²) in [5, 5.41) is 3.52. The molecule has 1 N–H and O–H groups in total. The van der Waals surface area contributed by atoms with Gasteiger partial charge in [-0.1, -0.05) is 13.0 Å². The average Bonchev–Trinajstić information content (AvgIpc) is 2.87. The van der Waals surface area contributed by atoms with Crippen LogP contribution in [0.15, 0.2) is 24.4 Å². The Morgan fingerprint density at radius 2 is 2.00 bits per heavy atom. The SMILES string of the molecule is CCCNCc1c(N2CCN(C)CC2)nc2ccccn12. The number of hydrogen-bond donors (Lipinski definition) is 1. The Kier molecular flexibility index (Phi) is 4.41. The highest BCUT2D eigenvalue weighted by Gasteiger charge is 2.21. The minimum absolute atomic E-state index is 0.876. The fourth-order valence-corrected chi connectivity index (χ4v) is 2.85. The standard InChI is InChI=1S/C16H25N5/c1-3-7-17-13-14-16(20-11-9-19(2)10-12-20)18-15-6-4-5-8-21(14)15/h4-6,8,17H,3,7,9-13H2,1-2H3. The lowest BCUT2D eigenvalue weighted by molar-refractivity contribution is 0.312. The van der Waals surface area contributed by atoms with Crippen LogP contribution in [0.25, 0.3) is 5.65 Å². The van der Waals surface area contributed by atoms with Crippen molar-refractivity contribution in [1.82, 2.24) is 19.6 Å². The largest absolute Gasteiger partial charge is 0.352 e. The fourth-order valence-electron chi connectivity index (χ4n) is 2.85. The highest BCUT2D eigenvalue weighted by molar-refractivity contribution is 5.56. The zero-order chi connectivity index (χ0) is 14.7. The first-order chi connectivity index (χ1) is 10.3. The van der Waals surface area contributed by atoms with Gasteiger partial charge in [0, 0.05) is 38.9 Å². The minimum Gasteiger partial charge on any atom is -0.352 e. The van der Waals surface area contributed by atoms with Crippen LogP contribution in [0.2, 0.25) is 0 Å². The van der Waals surface area contributed by atoms with Crippen molar-refractivity contribution in [3.63, 3.8) is 0 Å². The molecule has 0 aliphatic carbocycles. The lowest BCUT2D eigenvalue weighted by atomic mass is 10.3. The summed E-state index contributed by atoms with van der Waals surface area (Å²) in [6, 6.07) is 6.22. The summed E-state index contributed by atoms with van der Waals surface area (Å²) in [6.45, 7) is 8.44. The monoisotopic (exact) mass is 287 g/mol. The van der Waals surface area contributed by atoms with Crippen LogP contribution in [-0.2, 0) is 6.54 Å². The van der Waals surface area contributed by atoms with Crippen LogP contribution in [0.4, 0.5) is 5.82 Å². The van der Waals surface area contributed by atoms with Crippen LogP contribution < -0.4 is 10.2 Å². The molecule has 3 heterocycles. The predicted octanol–water partition coefficient (Wildman–Crippen LogP) is 1.59. The number of hydrogen-bond acceptors (Lipinski definition) is 4. The van der Waals surface area contributed by atoms with Gasteiger partial charge in [-0.2, -0.15) is 0 Å². The molecule has 0 saturated carbocycles. The highest BCUT2D eigenvalue weighted by atomic mass is 15.3. The molecule has 2 aromatic heterocycles. The third-order valence-corrected chi connectivity index (χ3v) is 4.13. The summed E-state index contributed by atoms with van der Waals surface area (Å²) in [7, 11) is 2.19. The molecule has 5 heteroatoms. The molecule has 0 amide bonds. The average molecular weight is 287 g/mol. The van der Waals surface area contributed by atoms with Gasteiger partial charge in [0.1, 0.15) is 5.65 Å². The van der Waals surface area contributed by atoms with Crippen LogP contribution in [0.3, 0.4) is 0 Å². The van der Waals surface area contributed by atoms with E-state index < -0.39 is 0 Å². The number of nitrogens with zero attached hydrogens (tertiary/aromatic N) is 4. The molecule has 1 aliphatic heterocycles. The van der Waals surface area contributed by atoms with E-state index in [1.54, 1.807) is 0 Å². The number of piperazine rings is 1. The van der Waals surface area contributed by atoms with E-state index in [-0.39, 0.29) is 0 Å². The summed E-state index contributed by atoms with van der Waals surface area (Å²) in [5.41, 5.74) is 2.32. The Morgan fingerprint density at radius 3 is 2.76 bits per heavy atom. The number of nitrogens with one attached hydrogen (secondary N) is 1. The van der Waals surface area contributed by atoms with Crippen molar-refractivity contribution in [2.24, 2.45) is 0 Å². The fraction of sp³-hybridized carbons (Fsp3) is 0.562. The Hall–Kier alpha value is -1.59. The van der Waals surface area contributed by atoms with Gasteiger partial charge in [-0.25, -0.2) is 4.98 Å². The zero-order valence-corrected chi connectivity index (χ0v) is 13.0. The van der Waals surface area contributed by atoms with Crippen molar-refractivity contribution in [2.75, 3.05) is 44.7 Å². The first kappa shape index (κ1) is 14.4. The van der Waals surface area contributed by atoms with Crippen molar-refractivity contribution >= 4 is 11.5 Å². The van der Waals surface area contributed by atoms with Crippen molar-refractivity contribution in [3.05, 3.63) is 30.1 Å². The predicted molar refractivity (Wildman–Crippen MR) is 86.9 cm³/mol. The van der Waals surface area contributed by atoms with Crippen molar-refractivity contribution in [3.8, 4) is 0 Å². The van der Waals surface area contributed by atoms with Crippen LogP contribution >= 0.6 is 0 Å². The second-order valence-electron chi connectivity index (χ2n) is 5.78. The first-order valence-corrected chi connectivity index (χ1v) is 7.89. The van der Waals surface area contributed by atoms with E-state index in [1.165, 1.54) is 5.69 Å². The van der Waals surface area contributed by atoms with E-state index in [9.17, 15) is 0 Å². The quantitative estimate of drug-likeness (QED) is 0.847. The van der Waals surface area contributed by atoms with Crippen LogP contribution in [0, 0.1) is 0 Å². The summed E-state index contributed by atoms with van der Waals surface area (Å²) < 4.78 is 2.22. The molecule has 2 aromatic rings. The van der Waals surface area contributed by atoms with Crippen molar-refractivity contribution < 1.29 is 0 Å². The van der Waals surface area contributed by atoms with E-state index in [0.717, 1.165) is 57.2 Å². The van der Waals surface area contributed by atoms with Gasteiger partial charge in [0.05, 0.1) is 5.69 Å². The maximum Gasteiger partial charge on any atom is 0.152 e. The Labute approximate surface area is 126 Å². The zero-order valence-electron chi connectivity index (χ0n) is 13.0. The molecule has 1 saturated heterocycles. The maximum atomic E-state index is 4.87. The third kappa shape index (κ3) is 3.04. The van der Waals surface area contributed by atoms with Gasteiger partial charge in [0.2, 0.25) is 0 Å². The van der Waals surface area contributed by atoms with Crippen molar-refractivity contribution in [1.29, 1.82) is 0 Å². The molecular formula is C16H25N5. The van der Waals surface area contributed by atoms with Crippen LogP contribution in [0.5, 0.6) is 0 Å². The van der Waals surface area contributed by atoms with Crippen LogP contribution in [-0.4, -0.2) is 54.1 Å². The third-order valence-electron chi connectivity index (χ3n) is 4.13. The summed E-state index contributed by atoms with van der Waals surface area (Å²) in [6.07, 6.45) is 3.27. The normalized spacial score (nSPS) is 16.8. The molecule has 21 heavy (non-hydrogen) atoms. The molecule has 114 valence electrons. The maximum absolute atomic E-state index is 4.87. The van der Waals surface area contributed by atoms with Crippen molar-refractivity contribution in [2.45, 2.75) is 19.9 Å². The number of likely N-dealkylation sites (N-methyl/N-ethyl adjacent to an activating group) is 1. The summed E-state index contributed by atoms with van der Waals surface area (Å²) in [5.74, 6) is 1.15. The van der Waals surface area contributed by atoms with Gasteiger partial charge in [-0.05, 0) is 32.1 Å². The lowest BCUT2D eigenvalue weighted by Crippen LogP contribution is -2.45. The van der Waals surface area contributed by atoms with Gasteiger partial charge in [-0.15, -0.1) is 0 Å². The lowest BCUT2D eigenvalue weighted by Gasteiger charge is -2.33. The van der Waals surface area contributed by atoms with Gasteiger partial charge < -0.3 is 19.5 Å². The molecule has 0 spiro atoms. The second-order valence-corrected chi connectivity index (χ2v) is 5.78. The molecule has 0 aromatic carbocycles. The smallest absolute Gasteiger partial charge is 0.152 e. The Bertz CT molecular complexity index is 583. The molecule has 1 aliphatic rings. The van der Waals surface area contributed by atoms with E-state index >= 15 is 0 Å². The number of aromatic nitrogens is 2. The highest BCUT2D eigenvalue weighted by Crippen LogP contribution is 2.22. The number of pyridine rings is 1. The van der Waals surface area contributed by atoms with Gasteiger partial charge in [-0.3, -0.25) is 0 Å². The summed E-state index contributed by atoms with van der Waals surface area (Å²) >= 11 is 0. The van der Waals surface area contributed by atoms with E-state index in [4.69, 9.17) is 4.98 Å². The van der Waals surface area contributed by atoms with E-state index in [0.29, 0.717) is 0 Å². The van der Waals surface area contributed by atoms with Crippen LogP contribution in [0.1, 0.15) is 19.0 Å². The number of imidazole rings is 1. The Morgan fingerprint density at radius 1 is 1.19 bits per heavy atom. The molecule has 0 atom stereocenters. The molecule has 5 nitrogen and oxygen atoms in total. The Balaban J connectivity index is 1.90. The van der Waals surface area contributed by atoms with E-state index in [1.807, 2.05) is 0 Å². The molecule has 0 bridgehead atoms. The van der Waals surface area contributed by atoms with Gasteiger partial charge in [0.15, 0.2) is 5.82 Å². The topological polar surface area (TPSA) is 35.8 Å². The summed E-state index contributed by atoms with van der Waals surface area (Å²) in [4.78, 5) is 9.67. The molecule has 0 radical (unpaired) electrons. The van der Waals surface area contributed by atoms with Gasteiger partial charge in [0.25, 0.3) is 0 Å². The second kappa shape index (κ2) is 6.45. The molecule has 1 fully saturated rings.